The van der Waals surface area contributed by atoms with Gasteiger partial charge in [-0.3, -0.25) is 14.7 Å². The maximum Gasteiger partial charge on any atom is 0.275 e. The van der Waals surface area contributed by atoms with Crippen LogP contribution >= 0.6 is 0 Å². The van der Waals surface area contributed by atoms with E-state index in [2.05, 4.69) is 36.3 Å². The maximum absolute atomic E-state index is 13.6. The molecule has 2 bridgehead atoms. The minimum Gasteiger partial charge on any atom is -0.356 e. The molecule has 1 aromatic carbocycles. The molecule has 3 heterocycles. The van der Waals surface area contributed by atoms with Crippen LogP contribution in [0.1, 0.15) is 69.8 Å². The first-order valence-electron chi connectivity index (χ1n) is 11.0. The lowest BCUT2D eigenvalue weighted by Crippen LogP contribution is -2.50. The number of rotatable bonds is 7. The standard InChI is InChI=1S/C23H32N4O2/c1-4-13-24-22(29)23(12-11-15(2)3)14-16-9-10-19(23)27(16)21(28)20-17-7-5-6-8-18(17)25-26-20/h5-8,15-16,19H,4,9-14H2,1-3H3,(H,24,29)(H,25,26)/t16-,19+,23+/m1/s1. The summed E-state index contributed by atoms with van der Waals surface area (Å²) < 4.78 is 0. The van der Waals surface area contributed by atoms with E-state index in [1.165, 1.54) is 0 Å². The van der Waals surface area contributed by atoms with Crippen LogP contribution in [0.4, 0.5) is 0 Å². The van der Waals surface area contributed by atoms with Crippen LogP contribution in [0, 0.1) is 11.3 Å². The van der Waals surface area contributed by atoms with Gasteiger partial charge in [0.05, 0.1) is 10.9 Å². The summed E-state index contributed by atoms with van der Waals surface area (Å²) in [5.74, 6) is 0.631. The minimum atomic E-state index is -0.468. The van der Waals surface area contributed by atoms with Gasteiger partial charge in [-0.2, -0.15) is 5.10 Å². The number of aromatic nitrogens is 2. The summed E-state index contributed by atoms with van der Waals surface area (Å²) in [7, 11) is 0. The van der Waals surface area contributed by atoms with E-state index >= 15 is 0 Å². The first kappa shape index (κ1) is 19.9. The van der Waals surface area contributed by atoms with Crippen LogP contribution in [0.2, 0.25) is 0 Å². The van der Waals surface area contributed by atoms with E-state index in [1.54, 1.807) is 0 Å². The van der Waals surface area contributed by atoms with Gasteiger partial charge in [-0.25, -0.2) is 0 Å². The lowest BCUT2D eigenvalue weighted by molar-refractivity contribution is -0.133. The Morgan fingerprint density at radius 2 is 2.10 bits per heavy atom. The number of hydrogen-bond donors (Lipinski definition) is 2. The highest BCUT2D eigenvalue weighted by Gasteiger charge is 2.61. The molecular formula is C23H32N4O2. The molecule has 2 aliphatic heterocycles. The van der Waals surface area contributed by atoms with Crippen LogP contribution in [-0.4, -0.2) is 45.5 Å². The Kier molecular flexibility index (Phi) is 5.36. The molecular weight excluding hydrogens is 364 g/mol. The zero-order chi connectivity index (χ0) is 20.6. The van der Waals surface area contributed by atoms with E-state index in [9.17, 15) is 9.59 Å². The second-order valence-corrected chi connectivity index (χ2v) is 9.13. The maximum atomic E-state index is 13.6. The van der Waals surface area contributed by atoms with Crippen molar-refractivity contribution in [3.05, 3.63) is 30.0 Å². The number of aromatic amines is 1. The average molecular weight is 397 g/mol. The van der Waals surface area contributed by atoms with Crippen LogP contribution < -0.4 is 5.32 Å². The molecule has 2 saturated heterocycles. The number of nitrogens with zero attached hydrogens (tertiary/aromatic N) is 2. The molecule has 2 N–H and O–H groups in total. The van der Waals surface area contributed by atoms with Crippen molar-refractivity contribution in [1.82, 2.24) is 20.4 Å². The van der Waals surface area contributed by atoms with Crippen molar-refractivity contribution >= 4 is 22.7 Å². The number of H-pyrrole nitrogens is 1. The third-order valence-electron chi connectivity index (χ3n) is 6.80. The van der Waals surface area contributed by atoms with Crippen molar-refractivity contribution in [3.63, 3.8) is 0 Å². The van der Waals surface area contributed by atoms with Gasteiger partial charge in [0, 0.05) is 24.0 Å². The largest absolute Gasteiger partial charge is 0.356 e. The summed E-state index contributed by atoms with van der Waals surface area (Å²) in [6, 6.07) is 7.82. The van der Waals surface area contributed by atoms with E-state index in [1.807, 2.05) is 29.2 Å². The van der Waals surface area contributed by atoms with Crippen LogP contribution in [0.3, 0.4) is 0 Å². The summed E-state index contributed by atoms with van der Waals surface area (Å²) in [5, 5.41) is 11.3. The lowest BCUT2D eigenvalue weighted by atomic mass is 9.69. The highest BCUT2D eigenvalue weighted by molar-refractivity contribution is 6.05. The molecule has 0 spiro atoms. The molecule has 2 amide bonds. The van der Waals surface area contributed by atoms with E-state index in [4.69, 9.17) is 0 Å². The van der Waals surface area contributed by atoms with Gasteiger partial charge in [-0.05, 0) is 50.5 Å². The Morgan fingerprint density at radius 3 is 2.86 bits per heavy atom. The first-order chi connectivity index (χ1) is 14.0. The van der Waals surface area contributed by atoms with Crippen LogP contribution in [0.25, 0.3) is 10.9 Å². The average Bonchev–Trinajstić information content (AvgIpc) is 3.41. The molecule has 3 atom stereocenters. The Labute approximate surface area is 172 Å². The van der Waals surface area contributed by atoms with Gasteiger partial charge in [0.1, 0.15) is 0 Å². The van der Waals surface area contributed by atoms with Crippen molar-refractivity contribution < 1.29 is 9.59 Å². The van der Waals surface area contributed by atoms with Gasteiger partial charge in [0.25, 0.3) is 5.91 Å². The number of benzene rings is 1. The van der Waals surface area contributed by atoms with Gasteiger partial charge in [-0.1, -0.05) is 39.0 Å². The molecule has 0 unspecified atom stereocenters. The molecule has 0 radical (unpaired) electrons. The summed E-state index contributed by atoms with van der Waals surface area (Å²) in [6.45, 7) is 7.16. The zero-order valence-electron chi connectivity index (χ0n) is 17.7. The number of fused-ring (bicyclic) bond motifs is 3. The Morgan fingerprint density at radius 1 is 1.31 bits per heavy atom. The molecule has 0 aliphatic carbocycles. The highest BCUT2D eigenvalue weighted by Crippen LogP contribution is 2.53. The Balaban J connectivity index is 1.65. The Bertz CT molecular complexity index is 905. The topological polar surface area (TPSA) is 78.1 Å². The second-order valence-electron chi connectivity index (χ2n) is 9.13. The van der Waals surface area contributed by atoms with E-state index < -0.39 is 5.41 Å². The van der Waals surface area contributed by atoms with Crippen LogP contribution in [0.5, 0.6) is 0 Å². The third kappa shape index (κ3) is 3.32. The fourth-order valence-corrected chi connectivity index (χ4v) is 5.33. The number of carbonyl (C=O) groups is 2. The van der Waals surface area contributed by atoms with Crippen molar-refractivity contribution in [3.8, 4) is 0 Å². The fourth-order valence-electron chi connectivity index (χ4n) is 5.33. The molecule has 4 rings (SSSR count). The first-order valence-corrected chi connectivity index (χ1v) is 11.0. The van der Waals surface area contributed by atoms with Crippen molar-refractivity contribution in [1.29, 1.82) is 0 Å². The van der Waals surface area contributed by atoms with Gasteiger partial charge >= 0.3 is 0 Å². The lowest BCUT2D eigenvalue weighted by Gasteiger charge is -2.36. The quantitative estimate of drug-likeness (QED) is 0.745. The molecule has 156 valence electrons. The molecule has 6 nitrogen and oxygen atoms in total. The SMILES string of the molecule is CCCNC(=O)[C@@]1(CCC(C)C)C[C@H]2CC[C@@H]1N2C(=O)c1n[nH]c2ccccc12. The molecule has 29 heavy (non-hydrogen) atoms. The Hall–Kier alpha value is -2.37. The number of nitrogens with one attached hydrogen (secondary N) is 2. The summed E-state index contributed by atoms with van der Waals surface area (Å²) in [4.78, 5) is 28.9. The normalized spacial score (nSPS) is 25.9. The summed E-state index contributed by atoms with van der Waals surface area (Å²) in [5.41, 5.74) is 0.879. The van der Waals surface area contributed by atoms with Gasteiger partial charge in [0.15, 0.2) is 5.69 Å². The van der Waals surface area contributed by atoms with E-state index in [0.29, 0.717) is 18.2 Å². The van der Waals surface area contributed by atoms with Gasteiger partial charge in [-0.15, -0.1) is 0 Å². The predicted molar refractivity (Wildman–Crippen MR) is 113 cm³/mol. The molecule has 0 saturated carbocycles. The predicted octanol–water partition coefficient (Wildman–Crippen LogP) is 3.89. The fraction of sp³-hybridized carbons (Fsp3) is 0.609. The number of amides is 2. The third-order valence-corrected chi connectivity index (χ3v) is 6.80. The van der Waals surface area contributed by atoms with Gasteiger partial charge < -0.3 is 10.2 Å². The smallest absolute Gasteiger partial charge is 0.275 e. The highest BCUT2D eigenvalue weighted by atomic mass is 16.2. The van der Waals surface area contributed by atoms with Gasteiger partial charge in [0.2, 0.25) is 5.91 Å². The zero-order valence-corrected chi connectivity index (χ0v) is 17.7. The van der Waals surface area contributed by atoms with Crippen molar-refractivity contribution in [2.45, 2.75) is 71.4 Å². The molecule has 2 fully saturated rings. The van der Waals surface area contributed by atoms with Crippen LogP contribution in [0.15, 0.2) is 24.3 Å². The van der Waals surface area contributed by atoms with Crippen molar-refractivity contribution in [2.24, 2.45) is 11.3 Å². The van der Waals surface area contributed by atoms with E-state index in [-0.39, 0.29) is 23.9 Å². The minimum absolute atomic E-state index is 0.0360. The molecule has 2 aliphatic rings. The summed E-state index contributed by atoms with van der Waals surface area (Å²) in [6.07, 6.45) is 5.40. The monoisotopic (exact) mass is 396 g/mol. The molecule has 2 aromatic rings. The number of hydrogen-bond acceptors (Lipinski definition) is 3. The van der Waals surface area contributed by atoms with E-state index in [0.717, 1.165) is 49.4 Å². The number of carbonyl (C=O) groups excluding carboxylic acids is 2. The number of para-hydroxylation sites is 1. The molecule has 6 heteroatoms. The molecule has 1 aromatic heterocycles. The van der Waals surface area contributed by atoms with Crippen LogP contribution in [-0.2, 0) is 4.79 Å². The second kappa shape index (κ2) is 7.81. The van der Waals surface area contributed by atoms with Crippen molar-refractivity contribution in [2.75, 3.05) is 6.54 Å². The summed E-state index contributed by atoms with van der Waals surface area (Å²) >= 11 is 0.